The third-order valence-electron chi connectivity index (χ3n) is 2.53. The molecule has 0 saturated carbocycles. The second-order valence-corrected chi connectivity index (χ2v) is 3.66. The van der Waals surface area contributed by atoms with Gasteiger partial charge in [0.1, 0.15) is 12.2 Å². The Labute approximate surface area is 101 Å². The lowest BCUT2D eigenvalue weighted by atomic mass is 10.5. The third-order valence-corrected chi connectivity index (χ3v) is 2.53. The molecule has 8 nitrogen and oxygen atoms in total. The van der Waals surface area contributed by atoms with Crippen molar-refractivity contribution in [3.8, 4) is 5.82 Å². The van der Waals surface area contributed by atoms with Gasteiger partial charge in [-0.15, -0.1) is 10.2 Å². The van der Waals surface area contributed by atoms with Crippen LogP contribution in [0.5, 0.6) is 0 Å². The fourth-order valence-corrected chi connectivity index (χ4v) is 1.66. The summed E-state index contributed by atoms with van der Waals surface area (Å²) < 4.78 is 3.27. The maximum absolute atomic E-state index is 10.8. The first kappa shape index (κ1) is 10.4. The van der Waals surface area contributed by atoms with Gasteiger partial charge in [0, 0.05) is 18.6 Å². The number of carboxylic acid groups (broad SMARTS) is 1. The fraction of sp³-hybridized carbons (Fsp3) is 0.100. The molecule has 0 aliphatic rings. The predicted molar refractivity (Wildman–Crippen MR) is 59.6 cm³/mol. The van der Waals surface area contributed by atoms with Crippen LogP contribution in [-0.2, 0) is 0 Å². The van der Waals surface area contributed by atoms with E-state index in [1.807, 2.05) is 6.92 Å². The number of hydrogen-bond acceptors (Lipinski definition) is 5. The number of aryl methyl sites for hydroxylation is 1. The van der Waals surface area contributed by atoms with E-state index in [-0.39, 0.29) is 5.69 Å². The molecule has 0 aliphatic carbocycles. The van der Waals surface area contributed by atoms with Crippen LogP contribution in [0.25, 0.3) is 11.5 Å². The van der Waals surface area contributed by atoms with Gasteiger partial charge in [0.15, 0.2) is 11.5 Å². The number of carboxylic acids is 1. The van der Waals surface area contributed by atoms with Gasteiger partial charge in [0.05, 0.1) is 0 Å². The van der Waals surface area contributed by atoms with E-state index in [0.717, 1.165) is 5.82 Å². The topological polar surface area (TPSA) is 98.2 Å². The highest BCUT2D eigenvalue weighted by Crippen LogP contribution is 2.12. The molecule has 3 aromatic rings. The Bertz CT molecular complexity index is 744. The Balaban J connectivity index is 2.21. The van der Waals surface area contributed by atoms with E-state index in [1.165, 1.54) is 17.1 Å². The van der Waals surface area contributed by atoms with Crippen molar-refractivity contribution in [2.24, 2.45) is 0 Å². The maximum Gasteiger partial charge on any atom is 0.356 e. The number of imidazole rings is 1. The minimum Gasteiger partial charge on any atom is -0.476 e. The Hall–Kier alpha value is -2.77. The van der Waals surface area contributed by atoms with Gasteiger partial charge in [0.25, 0.3) is 0 Å². The molecule has 0 bridgehead atoms. The smallest absolute Gasteiger partial charge is 0.356 e. The number of aromatic carboxylic acids is 1. The van der Waals surface area contributed by atoms with Gasteiger partial charge in [-0.25, -0.2) is 14.8 Å². The van der Waals surface area contributed by atoms with Crippen molar-refractivity contribution in [3.05, 3.63) is 36.4 Å². The summed E-state index contributed by atoms with van der Waals surface area (Å²) in [4.78, 5) is 18.7. The van der Waals surface area contributed by atoms with Crippen molar-refractivity contribution in [2.45, 2.75) is 6.92 Å². The van der Waals surface area contributed by atoms with Crippen LogP contribution >= 0.6 is 0 Å². The molecule has 3 rings (SSSR count). The molecule has 8 heteroatoms. The second kappa shape index (κ2) is 3.62. The van der Waals surface area contributed by atoms with E-state index in [0.29, 0.717) is 11.5 Å². The highest BCUT2D eigenvalue weighted by Gasteiger charge is 2.12. The van der Waals surface area contributed by atoms with E-state index in [9.17, 15) is 4.79 Å². The van der Waals surface area contributed by atoms with Gasteiger partial charge in [-0.3, -0.25) is 8.97 Å². The monoisotopic (exact) mass is 244 g/mol. The van der Waals surface area contributed by atoms with Crippen LogP contribution in [0.4, 0.5) is 0 Å². The van der Waals surface area contributed by atoms with E-state index in [2.05, 4.69) is 20.2 Å². The van der Waals surface area contributed by atoms with Gasteiger partial charge in [-0.05, 0) is 6.92 Å². The zero-order valence-electron chi connectivity index (χ0n) is 9.35. The highest BCUT2D eigenvalue weighted by atomic mass is 16.4. The Kier molecular flexibility index (Phi) is 2.09. The summed E-state index contributed by atoms with van der Waals surface area (Å²) in [5, 5.41) is 16.8. The van der Waals surface area contributed by atoms with E-state index >= 15 is 0 Å². The molecule has 0 aliphatic heterocycles. The van der Waals surface area contributed by atoms with Crippen molar-refractivity contribution in [3.63, 3.8) is 0 Å². The normalized spacial score (nSPS) is 10.9. The Morgan fingerprint density at radius 2 is 2.17 bits per heavy atom. The molecular formula is C10H8N6O2. The quantitative estimate of drug-likeness (QED) is 0.696. The van der Waals surface area contributed by atoms with Gasteiger partial charge < -0.3 is 5.11 Å². The van der Waals surface area contributed by atoms with Gasteiger partial charge >= 0.3 is 5.97 Å². The molecule has 0 aromatic carbocycles. The van der Waals surface area contributed by atoms with Gasteiger partial charge in [0.2, 0.25) is 5.65 Å². The van der Waals surface area contributed by atoms with Crippen molar-refractivity contribution >= 4 is 11.6 Å². The summed E-state index contributed by atoms with van der Waals surface area (Å²) in [6.07, 6.45) is 6.10. The minimum atomic E-state index is -1.08. The first-order valence-electron chi connectivity index (χ1n) is 5.11. The lowest BCUT2D eigenvalue weighted by molar-refractivity contribution is 0.0691. The molecule has 0 saturated heterocycles. The summed E-state index contributed by atoms with van der Waals surface area (Å²) in [5.41, 5.74) is 0.499. The number of hydrogen-bond donors (Lipinski definition) is 1. The second-order valence-electron chi connectivity index (χ2n) is 3.66. The summed E-state index contributed by atoms with van der Waals surface area (Å²) in [5.74, 6) is 0.128. The maximum atomic E-state index is 10.8. The molecule has 1 N–H and O–H groups in total. The van der Waals surface area contributed by atoms with E-state index < -0.39 is 5.97 Å². The first-order valence-corrected chi connectivity index (χ1v) is 5.11. The van der Waals surface area contributed by atoms with Crippen LogP contribution < -0.4 is 0 Å². The SMILES string of the molecule is Cc1nnc2c(-n3cnc(C(=O)O)c3)nccn12. The van der Waals surface area contributed by atoms with Gasteiger partial charge in [-0.1, -0.05) is 0 Å². The number of aromatic nitrogens is 6. The van der Waals surface area contributed by atoms with E-state index in [1.54, 1.807) is 16.8 Å². The summed E-state index contributed by atoms with van der Waals surface area (Å²) in [6, 6.07) is 0. The molecular weight excluding hydrogens is 236 g/mol. The molecule has 0 radical (unpaired) electrons. The lowest BCUT2D eigenvalue weighted by Crippen LogP contribution is -2.00. The minimum absolute atomic E-state index is 0.0463. The average molecular weight is 244 g/mol. The number of nitrogens with zero attached hydrogens (tertiary/aromatic N) is 6. The van der Waals surface area contributed by atoms with Gasteiger partial charge in [-0.2, -0.15) is 0 Å². The Morgan fingerprint density at radius 1 is 1.33 bits per heavy atom. The van der Waals surface area contributed by atoms with Crippen molar-refractivity contribution in [2.75, 3.05) is 0 Å². The van der Waals surface area contributed by atoms with Crippen molar-refractivity contribution in [1.82, 2.24) is 29.1 Å². The molecule has 0 amide bonds. The molecule has 3 heterocycles. The average Bonchev–Trinajstić information content (AvgIpc) is 2.97. The molecule has 0 fully saturated rings. The van der Waals surface area contributed by atoms with Crippen LogP contribution in [0, 0.1) is 6.92 Å². The molecule has 0 unspecified atom stereocenters. The van der Waals surface area contributed by atoms with Crippen LogP contribution in [0.3, 0.4) is 0 Å². The predicted octanol–water partition coefficient (Wildman–Crippen LogP) is 0.317. The highest BCUT2D eigenvalue weighted by molar-refractivity contribution is 5.85. The third kappa shape index (κ3) is 1.43. The molecule has 0 spiro atoms. The zero-order chi connectivity index (χ0) is 12.7. The van der Waals surface area contributed by atoms with Crippen molar-refractivity contribution in [1.29, 1.82) is 0 Å². The largest absolute Gasteiger partial charge is 0.476 e. The first-order chi connectivity index (χ1) is 8.66. The van der Waals surface area contributed by atoms with Crippen LogP contribution in [0.1, 0.15) is 16.3 Å². The van der Waals surface area contributed by atoms with E-state index in [4.69, 9.17) is 5.11 Å². The zero-order valence-corrected chi connectivity index (χ0v) is 9.35. The van der Waals surface area contributed by atoms with Crippen molar-refractivity contribution < 1.29 is 9.90 Å². The van der Waals surface area contributed by atoms with Crippen LogP contribution in [0.15, 0.2) is 24.9 Å². The summed E-state index contributed by atoms with van der Waals surface area (Å²) in [7, 11) is 0. The fourth-order valence-electron chi connectivity index (χ4n) is 1.66. The number of fused-ring (bicyclic) bond motifs is 1. The number of carbonyl (C=O) groups is 1. The summed E-state index contributed by atoms with van der Waals surface area (Å²) >= 11 is 0. The van der Waals surface area contributed by atoms with Crippen LogP contribution in [-0.4, -0.2) is 40.2 Å². The standard InChI is InChI=1S/C10H8N6O2/c1-6-13-14-9-8(11-2-3-16(6)9)15-4-7(10(17)18)12-5-15/h2-5H,1H3,(H,17,18). The lowest BCUT2D eigenvalue weighted by Gasteiger charge is -2.01. The van der Waals surface area contributed by atoms with Crippen LogP contribution in [0.2, 0.25) is 0 Å². The summed E-state index contributed by atoms with van der Waals surface area (Å²) in [6.45, 7) is 1.82. The molecule has 90 valence electrons. The Morgan fingerprint density at radius 3 is 2.89 bits per heavy atom. The molecule has 18 heavy (non-hydrogen) atoms. The molecule has 0 atom stereocenters. The number of rotatable bonds is 2. The molecule has 3 aromatic heterocycles.